The summed E-state index contributed by atoms with van der Waals surface area (Å²) in [6.07, 6.45) is -3.18. The van der Waals surface area contributed by atoms with Crippen molar-refractivity contribution in [3.05, 3.63) is 59.7 Å². The van der Waals surface area contributed by atoms with Gasteiger partial charge in [-0.2, -0.15) is 13.2 Å². The van der Waals surface area contributed by atoms with Crippen molar-refractivity contribution in [1.82, 2.24) is 14.5 Å². The van der Waals surface area contributed by atoms with Gasteiger partial charge in [-0.05, 0) is 49.1 Å². The summed E-state index contributed by atoms with van der Waals surface area (Å²) in [5.41, 5.74) is 1.49. The first-order valence-electron chi connectivity index (χ1n) is 10.4. The Kier molecular flexibility index (Phi) is 5.83. The SMILES string of the molecule is CN(C)C(=O)c1ccc(N2CCC(Cn3c(C(F)(F)F)nc4ccccc43)CC2)cc1F. The van der Waals surface area contributed by atoms with E-state index >= 15 is 0 Å². The lowest BCUT2D eigenvalue weighted by molar-refractivity contribution is -0.147. The van der Waals surface area contributed by atoms with Crippen LogP contribution in [0.5, 0.6) is 0 Å². The molecule has 0 N–H and O–H groups in total. The zero-order chi connectivity index (χ0) is 23.0. The van der Waals surface area contributed by atoms with Gasteiger partial charge in [-0.1, -0.05) is 12.1 Å². The van der Waals surface area contributed by atoms with Crippen molar-refractivity contribution >= 4 is 22.6 Å². The molecule has 32 heavy (non-hydrogen) atoms. The molecular formula is C23H24F4N4O. The molecular weight excluding hydrogens is 424 g/mol. The van der Waals surface area contributed by atoms with E-state index in [4.69, 9.17) is 0 Å². The minimum absolute atomic E-state index is 0.0142. The molecule has 0 saturated carbocycles. The van der Waals surface area contributed by atoms with Crippen molar-refractivity contribution in [1.29, 1.82) is 0 Å². The number of fused-ring (bicyclic) bond motifs is 1. The summed E-state index contributed by atoms with van der Waals surface area (Å²) in [7, 11) is 3.13. The Balaban J connectivity index is 1.47. The molecule has 1 saturated heterocycles. The predicted molar refractivity (Wildman–Crippen MR) is 114 cm³/mol. The maximum Gasteiger partial charge on any atom is 0.449 e. The Morgan fingerprint density at radius 1 is 1.12 bits per heavy atom. The minimum atomic E-state index is -4.52. The molecule has 0 radical (unpaired) electrons. The second kappa shape index (κ2) is 8.44. The van der Waals surface area contributed by atoms with E-state index in [1.54, 1.807) is 44.4 Å². The van der Waals surface area contributed by atoms with Crippen LogP contribution in [0, 0.1) is 11.7 Å². The fourth-order valence-electron chi connectivity index (χ4n) is 4.22. The number of amides is 1. The molecule has 0 bridgehead atoms. The summed E-state index contributed by atoms with van der Waals surface area (Å²) in [5, 5.41) is 0. The molecule has 2 heterocycles. The van der Waals surface area contributed by atoms with Crippen LogP contribution in [0.2, 0.25) is 0 Å². The van der Waals surface area contributed by atoms with Crippen LogP contribution >= 0.6 is 0 Å². The van der Waals surface area contributed by atoms with Gasteiger partial charge >= 0.3 is 6.18 Å². The molecule has 3 aromatic rings. The molecule has 2 aromatic carbocycles. The summed E-state index contributed by atoms with van der Waals surface area (Å²) in [6, 6.07) is 11.2. The van der Waals surface area contributed by atoms with Crippen molar-refractivity contribution in [2.45, 2.75) is 25.6 Å². The molecule has 170 valence electrons. The summed E-state index contributed by atoms with van der Waals surface area (Å²) in [6.45, 7) is 1.42. The molecule has 1 fully saturated rings. The summed E-state index contributed by atoms with van der Waals surface area (Å²) < 4.78 is 56.4. The quantitative estimate of drug-likeness (QED) is 0.538. The average molecular weight is 448 g/mol. The van der Waals surface area contributed by atoms with Gasteiger partial charge < -0.3 is 14.4 Å². The third-order valence-electron chi connectivity index (χ3n) is 5.92. The number of halogens is 4. The standard InChI is InChI=1S/C23H24F4N4O/c1-29(2)21(32)17-8-7-16(13-18(17)24)30-11-9-15(10-12-30)14-31-20-6-4-3-5-19(20)28-22(31)23(25,26)27/h3-8,13,15H,9-12,14H2,1-2H3. The van der Waals surface area contributed by atoms with Gasteiger partial charge in [0.1, 0.15) is 5.82 Å². The molecule has 1 aliphatic rings. The minimum Gasteiger partial charge on any atom is -0.371 e. The largest absolute Gasteiger partial charge is 0.449 e. The van der Waals surface area contributed by atoms with E-state index in [1.165, 1.54) is 21.6 Å². The number of carbonyl (C=O) groups is 1. The van der Waals surface area contributed by atoms with E-state index in [0.717, 1.165) is 0 Å². The maximum absolute atomic E-state index is 14.5. The normalized spacial score (nSPS) is 15.4. The van der Waals surface area contributed by atoms with E-state index in [9.17, 15) is 22.4 Å². The number of hydrogen-bond acceptors (Lipinski definition) is 3. The topological polar surface area (TPSA) is 41.4 Å². The molecule has 9 heteroatoms. The van der Waals surface area contributed by atoms with Crippen molar-refractivity contribution < 1.29 is 22.4 Å². The van der Waals surface area contributed by atoms with E-state index in [2.05, 4.69) is 4.98 Å². The number of imidazole rings is 1. The summed E-state index contributed by atoms with van der Waals surface area (Å²) >= 11 is 0. The van der Waals surface area contributed by atoms with Gasteiger partial charge in [0.25, 0.3) is 5.91 Å². The van der Waals surface area contributed by atoms with Crippen LogP contribution in [0.25, 0.3) is 11.0 Å². The van der Waals surface area contributed by atoms with Gasteiger partial charge in [0, 0.05) is 39.4 Å². The second-order valence-corrected chi connectivity index (χ2v) is 8.33. The second-order valence-electron chi connectivity index (χ2n) is 8.33. The highest BCUT2D eigenvalue weighted by Crippen LogP contribution is 2.34. The summed E-state index contributed by atoms with van der Waals surface area (Å²) in [5.74, 6) is -1.81. The van der Waals surface area contributed by atoms with Crippen LogP contribution in [-0.4, -0.2) is 47.5 Å². The van der Waals surface area contributed by atoms with E-state index in [-0.39, 0.29) is 18.0 Å². The highest BCUT2D eigenvalue weighted by atomic mass is 19.4. The Hall–Kier alpha value is -3.10. The smallest absolute Gasteiger partial charge is 0.371 e. The van der Waals surface area contributed by atoms with Crippen molar-refractivity contribution in [3.63, 3.8) is 0 Å². The van der Waals surface area contributed by atoms with Crippen LogP contribution in [0.4, 0.5) is 23.2 Å². The molecule has 0 spiro atoms. The van der Waals surface area contributed by atoms with Gasteiger partial charge in [-0.3, -0.25) is 4.79 Å². The lowest BCUT2D eigenvalue weighted by Crippen LogP contribution is -2.35. The lowest BCUT2D eigenvalue weighted by Gasteiger charge is -2.34. The highest BCUT2D eigenvalue weighted by Gasteiger charge is 2.38. The third-order valence-corrected chi connectivity index (χ3v) is 5.92. The first-order chi connectivity index (χ1) is 15.1. The Morgan fingerprint density at radius 2 is 1.81 bits per heavy atom. The lowest BCUT2D eigenvalue weighted by atomic mass is 9.96. The number of benzene rings is 2. The molecule has 4 rings (SSSR count). The van der Waals surface area contributed by atoms with Gasteiger partial charge in [0.2, 0.25) is 5.82 Å². The monoisotopic (exact) mass is 448 g/mol. The molecule has 1 amide bonds. The van der Waals surface area contributed by atoms with Crippen LogP contribution in [0.1, 0.15) is 29.0 Å². The fourth-order valence-corrected chi connectivity index (χ4v) is 4.22. The number of piperidine rings is 1. The Labute approximate surface area is 183 Å². The molecule has 1 aliphatic heterocycles. The van der Waals surface area contributed by atoms with E-state index in [1.807, 2.05) is 4.90 Å². The van der Waals surface area contributed by atoms with Crippen molar-refractivity contribution in [2.75, 3.05) is 32.1 Å². The number of aromatic nitrogens is 2. The average Bonchev–Trinajstić information content (AvgIpc) is 3.13. The van der Waals surface area contributed by atoms with Gasteiger partial charge in [0.05, 0.1) is 16.6 Å². The van der Waals surface area contributed by atoms with E-state index < -0.39 is 23.7 Å². The Bertz CT molecular complexity index is 1130. The van der Waals surface area contributed by atoms with Crippen LogP contribution in [0.15, 0.2) is 42.5 Å². The number of alkyl halides is 3. The van der Waals surface area contributed by atoms with Gasteiger partial charge in [-0.15, -0.1) is 0 Å². The number of anilines is 1. The van der Waals surface area contributed by atoms with Crippen molar-refractivity contribution in [2.24, 2.45) is 5.92 Å². The zero-order valence-corrected chi connectivity index (χ0v) is 17.9. The van der Waals surface area contributed by atoms with E-state index in [0.29, 0.717) is 42.7 Å². The number of hydrogen-bond donors (Lipinski definition) is 0. The zero-order valence-electron chi connectivity index (χ0n) is 17.9. The van der Waals surface area contributed by atoms with Crippen LogP contribution in [0.3, 0.4) is 0 Å². The van der Waals surface area contributed by atoms with Crippen LogP contribution < -0.4 is 4.90 Å². The first kappa shape index (κ1) is 22.1. The molecule has 1 aromatic heterocycles. The van der Waals surface area contributed by atoms with Crippen molar-refractivity contribution in [3.8, 4) is 0 Å². The number of para-hydroxylation sites is 2. The number of carbonyl (C=O) groups excluding carboxylic acids is 1. The fraction of sp³-hybridized carbons (Fsp3) is 0.391. The molecule has 0 unspecified atom stereocenters. The molecule has 5 nitrogen and oxygen atoms in total. The first-order valence-corrected chi connectivity index (χ1v) is 10.4. The summed E-state index contributed by atoms with van der Waals surface area (Å²) in [4.78, 5) is 19.2. The third kappa shape index (κ3) is 4.28. The number of nitrogens with zero attached hydrogens (tertiary/aromatic N) is 4. The predicted octanol–water partition coefficient (Wildman–Crippen LogP) is 4.81. The molecule has 0 aliphatic carbocycles. The van der Waals surface area contributed by atoms with Gasteiger partial charge in [0.15, 0.2) is 0 Å². The molecule has 0 atom stereocenters. The highest BCUT2D eigenvalue weighted by molar-refractivity contribution is 5.94. The Morgan fingerprint density at radius 3 is 2.44 bits per heavy atom. The van der Waals surface area contributed by atoms with Crippen LogP contribution in [-0.2, 0) is 12.7 Å². The number of rotatable bonds is 4. The van der Waals surface area contributed by atoms with Gasteiger partial charge in [-0.25, -0.2) is 9.37 Å². The maximum atomic E-state index is 14.5.